The molecular formula is C17H21BrN2O4. The van der Waals surface area contributed by atoms with E-state index < -0.39 is 12.0 Å². The Bertz CT molecular complexity index is 673. The van der Waals surface area contributed by atoms with Gasteiger partial charge < -0.3 is 20.1 Å². The van der Waals surface area contributed by atoms with E-state index in [0.717, 1.165) is 16.5 Å². The average Bonchev–Trinajstić information content (AvgIpc) is 2.54. The van der Waals surface area contributed by atoms with Crippen LogP contribution in [0.3, 0.4) is 0 Å². The van der Waals surface area contributed by atoms with Crippen LogP contribution in [0.4, 0.5) is 4.79 Å². The first-order valence-electron chi connectivity index (χ1n) is 7.85. The van der Waals surface area contributed by atoms with Crippen LogP contribution >= 0.6 is 15.9 Å². The van der Waals surface area contributed by atoms with Crippen molar-refractivity contribution in [3.8, 4) is 5.75 Å². The number of carbonyl (C=O) groups excluding carboxylic acids is 2. The first-order chi connectivity index (χ1) is 11.5. The number of benzene rings is 1. The van der Waals surface area contributed by atoms with Crippen LogP contribution in [0.15, 0.2) is 33.9 Å². The number of ether oxygens (including phenoxy) is 2. The number of urea groups is 1. The molecule has 0 saturated heterocycles. The van der Waals surface area contributed by atoms with E-state index in [0.29, 0.717) is 30.2 Å². The number of nitrogens with one attached hydrogen (secondary N) is 2. The van der Waals surface area contributed by atoms with E-state index in [1.54, 1.807) is 13.0 Å². The van der Waals surface area contributed by atoms with Crippen LogP contribution in [-0.4, -0.2) is 25.2 Å². The number of esters is 1. The maximum absolute atomic E-state index is 12.4. The topological polar surface area (TPSA) is 76.7 Å². The summed E-state index contributed by atoms with van der Waals surface area (Å²) in [6.07, 6.45) is 0.733. The van der Waals surface area contributed by atoms with Gasteiger partial charge in [-0.05, 0) is 53.9 Å². The summed E-state index contributed by atoms with van der Waals surface area (Å²) < 4.78 is 11.5. The predicted molar refractivity (Wildman–Crippen MR) is 93.7 cm³/mol. The van der Waals surface area contributed by atoms with Crippen molar-refractivity contribution in [1.82, 2.24) is 10.6 Å². The fourth-order valence-corrected chi connectivity index (χ4v) is 2.97. The molecule has 1 unspecified atom stereocenters. The Morgan fingerprint density at radius 3 is 2.71 bits per heavy atom. The van der Waals surface area contributed by atoms with Crippen molar-refractivity contribution in [3.05, 3.63) is 39.5 Å². The molecule has 0 bridgehead atoms. The maximum atomic E-state index is 12.4. The second-order valence-corrected chi connectivity index (χ2v) is 6.18. The number of halogens is 1. The summed E-state index contributed by atoms with van der Waals surface area (Å²) in [5.74, 6) is 0.272. The van der Waals surface area contributed by atoms with Crippen LogP contribution in [0.25, 0.3) is 0 Å². The molecule has 0 spiro atoms. The molecule has 2 N–H and O–H groups in total. The summed E-state index contributed by atoms with van der Waals surface area (Å²) in [5.41, 5.74) is 1.66. The van der Waals surface area contributed by atoms with Crippen LogP contribution in [0.1, 0.15) is 38.8 Å². The molecule has 24 heavy (non-hydrogen) atoms. The van der Waals surface area contributed by atoms with Crippen molar-refractivity contribution >= 4 is 27.9 Å². The lowest BCUT2D eigenvalue weighted by Crippen LogP contribution is -2.45. The normalized spacial score (nSPS) is 17.2. The molecule has 0 radical (unpaired) electrons. The SMILES string of the molecule is CCCOC(=O)C1=C(C)NC(=O)NC1c1ccc(OCC)c(Br)c1. The summed E-state index contributed by atoms with van der Waals surface area (Å²) in [6.45, 7) is 6.41. The predicted octanol–water partition coefficient (Wildman–Crippen LogP) is 3.43. The highest BCUT2D eigenvalue weighted by Crippen LogP contribution is 2.33. The number of amides is 2. The summed E-state index contributed by atoms with van der Waals surface area (Å²) in [5, 5.41) is 5.40. The lowest BCUT2D eigenvalue weighted by Gasteiger charge is -2.28. The molecule has 1 aliphatic rings. The van der Waals surface area contributed by atoms with E-state index in [4.69, 9.17) is 9.47 Å². The minimum absolute atomic E-state index is 0.337. The van der Waals surface area contributed by atoms with E-state index in [1.807, 2.05) is 26.0 Å². The van der Waals surface area contributed by atoms with Crippen LogP contribution in [0, 0.1) is 0 Å². The number of hydrogen-bond acceptors (Lipinski definition) is 4. The maximum Gasteiger partial charge on any atom is 0.338 e. The summed E-state index contributed by atoms with van der Waals surface area (Å²) in [6, 6.07) is 4.54. The van der Waals surface area contributed by atoms with Crippen molar-refractivity contribution in [2.24, 2.45) is 0 Å². The lowest BCUT2D eigenvalue weighted by atomic mass is 9.95. The zero-order valence-electron chi connectivity index (χ0n) is 13.9. The van der Waals surface area contributed by atoms with Crippen molar-refractivity contribution in [1.29, 1.82) is 0 Å². The molecular weight excluding hydrogens is 376 g/mol. The van der Waals surface area contributed by atoms with Gasteiger partial charge in [0.05, 0.1) is 29.3 Å². The van der Waals surface area contributed by atoms with Gasteiger partial charge in [-0.3, -0.25) is 0 Å². The van der Waals surface area contributed by atoms with Gasteiger partial charge >= 0.3 is 12.0 Å². The van der Waals surface area contributed by atoms with Gasteiger partial charge in [0.15, 0.2) is 0 Å². The Morgan fingerprint density at radius 2 is 2.08 bits per heavy atom. The lowest BCUT2D eigenvalue weighted by molar-refractivity contribution is -0.139. The molecule has 2 rings (SSSR count). The highest BCUT2D eigenvalue weighted by Gasteiger charge is 2.32. The third-order valence-electron chi connectivity index (χ3n) is 3.52. The molecule has 2 amide bonds. The van der Waals surface area contributed by atoms with E-state index in [1.165, 1.54) is 0 Å². The molecule has 0 aliphatic carbocycles. The quantitative estimate of drug-likeness (QED) is 0.722. The highest BCUT2D eigenvalue weighted by molar-refractivity contribution is 9.10. The summed E-state index contributed by atoms with van der Waals surface area (Å²) >= 11 is 3.46. The Labute approximate surface area is 149 Å². The Hall–Kier alpha value is -2.02. The second-order valence-electron chi connectivity index (χ2n) is 5.33. The molecule has 6 nitrogen and oxygen atoms in total. The monoisotopic (exact) mass is 396 g/mol. The number of hydrogen-bond donors (Lipinski definition) is 2. The van der Waals surface area contributed by atoms with Gasteiger partial charge in [-0.1, -0.05) is 13.0 Å². The molecule has 130 valence electrons. The van der Waals surface area contributed by atoms with E-state index >= 15 is 0 Å². The van der Waals surface area contributed by atoms with Crippen LogP contribution in [-0.2, 0) is 9.53 Å². The van der Waals surface area contributed by atoms with Crippen molar-refractivity contribution < 1.29 is 19.1 Å². The molecule has 1 atom stereocenters. The minimum atomic E-state index is -0.574. The fraction of sp³-hybridized carbons (Fsp3) is 0.412. The van der Waals surface area contributed by atoms with Gasteiger partial charge in [-0.25, -0.2) is 9.59 Å². The third kappa shape index (κ3) is 4.08. The largest absolute Gasteiger partial charge is 0.493 e. The third-order valence-corrected chi connectivity index (χ3v) is 4.14. The van der Waals surface area contributed by atoms with Crippen LogP contribution in [0.2, 0.25) is 0 Å². The van der Waals surface area contributed by atoms with Gasteiger partial charge in [-0.2, -0.15) is 0 Å². The molecule has 7 heteroatoms. The van der Waals surface area contributed by atoms with Gasteiger partial charge in [-0.15, -0.1) is 0 Å². The molecule has 1 aromatic carbocycles. The van der Waals surface area contributed by atoms with E-state index in [-0.39, 0.29) is 6.03 Å². The van der Waals surface area contributed by atoms with Gasteiger partial charge in [0, 0.05) is 5.70 Å². The summed E-state index contributed by atoms with van der Waals surface area (Å²) in [7, 11) is 0. The Morgan fingerprint density at radius 1 is 1.33 bits per heavy atom. The zero-order chi connectivity index (χ0) is 17.7. The number of rotatable bonds is 6. The standard InChI is InChI=1S/C17H21BrN2O4/c1-4-8-24-16(21)14-10(3)19-17(22)20-15(14)11-6-7-13(23-5-2)12(18)9-11/h6-7,9,15H,4-5,8H2,1-3H3,(H2,19,20,22). The Kier molecular flexibility index (Phi) is 6.25. The zero-order valence-corrected chi connectivity index (χ0v) is 15.5. The fourth-order valence-electron chi connectivity index (χ4n) is 2.46. The molecule has 0 saturated carbocycles. The first kappa shape index (κ1) is 18.3. The Balaban J connectivity index is 2.37. The van der Waals surface area contributed by atoms with Gasteiger partial charge in [0.1, 0.15) is 5.75 Å². The molecule has 0 aromatic heterocycles. The minimum Gasteiger partial charge on any atom is -0.493 e. The first-order valence-corrected chi connectivity index (χ1v) is 8.64. The second kappa shape index (κ2) is 8.19. The van der Waals surface area contributed by atoms with Gasteiger partial charge in [0.25, 0.3) is 0 Å². The van der Waals surface area contributed by atoms with Crippen molar-refractivity contribution in [3.63, 3.8) is 0 Å². The molecule has 1 heterocycles. The summed E-state index contributed by atoms with van der Waals surface area (Å²) in [4.78, 5) is 24.3. The average molecular weight is 397 g/mol. The highest BCUT2D eigenvalue weighted by atomic mass is 79.9. The van der Waals surface area contributed by atoms with Crippen molar-refractivity contribution in [2.75, 3.05) is 13.2 Å². The van der Waals surface area contributed by atoms with E-state index in [2.05, 4.69) is 26.6 Å². The van der Waals surface area contributed by atoms with Crippen molar-refractivity contribution in [2.45, 2.75) is 33.2 Å². The number of carbonyl (C=O) groups is 2. The molecule has 1 aromatic rings. The molecule has 0 fully saturated rings. The van der Waals surface area contributed by atoms with Crippen LogP contribution < -0.4 is 15.4 Å². The molecule has 1 aliphatic heterocycles. The smallest absolute Gasteiger partial charge is 0.338 e. The van der Waals surface area contributed by atoms with Crippen LogP contribution in [0.5, 0.6) is 5.75 Å². The number of allylic oxidation sites excluding steroid dienone is 1. The van der Waals surface area contributed by atoms with Gasteiger partial charge in [0.2, 0.25) is 0 Å². The van der Waals surface area contributed by atoms with E-state index in [9.17, 15) is 9.59 Å².